The molecule has 0 bridgehead atoms. The molecule has 0 unspecified atom stereocenters. The Morgan fingerprint density at radius 1 is 1.28 bits per heavy atom. The molecule has 0 saturated carbocycles. The predicted molar refractivity (Wildman–Crippen MR) is 70.2 cm³/mol. The lowest BCUT2D eigenvalue weighted by Gasteiger charge is -2.13. The Balaban J connectivity index is 2.54. The van der Waals surface area contributed by atoms with Crippen molar-refractivity contribution in [1.29, 1.82) is 0 Å². The summed E-state index contributed by atoms with van der Waals surface area (Å²) < 4.78 is 0. The highest BCUT2D eigenvalue weighted by Crippen LogP contribution is 2.24. The Kier molecular flexibility index (Phi) is 5.40. The number of nitrogens with one attached hydrogen (secondary N) is 1. The monoisotopic (exact) mass is 290 g/mol. The first-order valence-electron chi connectivity index (χ1n) is 5.03. The average molecular weight is 291 g/mol. The van der Waals surface area contributed by atoms with Gasteiger partial charge in [-0.3, -0.25) is 14.5 Å². The first kappa shape index (κ1) is 14.8. The van der Waals surface area contributed by atoms with E-state index in [1.54, 1.807) is 19.2 Å². The maximum atomic E-state index is 11.6. The van der Waals surface area contributed by atoms with E-state index in [-0.39, 0.29) is 19.0 Å². The van der Waals surface area contributed by atoms with Crippen LogP contribution in [0.4, 0.5) is 5.69 Å². The molecule has 0 spiro atoms. The second-order valence-corrected chi connectivity index (χ2v) is 4.56. The van der Waals surface area contributed by atoms with Crippen LogP contribution in [0.2, 0.25) is 10.0 Å². The number of aliphatic carboxylic acids is 1. The molecule has 0 aliphatic heterocycles. The van der Waals surface area contributed by atoms with Crippen LogP contribution in [0.25, 0.3) is 0 Å². The number of amides is 1. The van der Waals surface area contributed by atoms with Gasteiger partial charge in [0.15, 0.2) is 0 Å². The van der Waals surface area contributed by atoms with Crippen molar-refractivity contribution in [3.05, 3.63) is 28.2 Å². The van der Waals surface area contributed by atoms with Crippen LogP contribution in [0.1, 0.15) is 0 Å². The maximum Gasteiger partial charge on any atom is 0.317 e. The first-order valence-corrected chi connectivity index (χ1v) is 5.79. The number of hydrogen-bond donors (Lipinski definition) is 2. The highest BCUT2D eigenvalue weighted by molar-refractivity contribution is 6.42. The van der Waals surface area contributed by atoms with Gasteiger partial charge < -0.3 is 10.4 Å². The highest BCUT2D eigenvalue weighted by atomic mass is 35.5. The molecule has 1 rings (SSSR count). The minimum atomic E-state index is -0.986. The summed E-state index contributed by atoms with van der Waals surface area (Å²) in [6, 6.07) is 4.71. The van der Waals surface area contributed by atoms with Gasteiger partial charge in [0.05, 0.1) is 23.1 Å². The number of nitrogens with zero attached hydrogens (tertiary/aromatic N) is 1. The highest BCUT2D eigenvalue weighted by Gasteiger charge is 2.10. The lowest BCUT2D eigenvalue weighted by molar-refractivity contribution is -0.138. The average Bonchev–Trinajstić information content (AvgIpc) is 2.21. The topological polar surface area (TPSA) is 69.6 Å². The van der Waals surface area contributed by atoms with Crippen molar-refractivity contribution in [2.24, 2.45) is 0 Å². The zero-order chi connectivity index (χ0) is 13.7. The molecule has 0 saturated heterocycles. The fourth-order valence-corrected chi connectivity index (χ4v) is 1.60. The number of carboxylic acid groups (broad SMARTS) is 1. The van der Waals surface area contributed by atoms with Crippen LogP contribution < -0.4 is 5.32 Å². The van der Waals surface area contributed by atoms with Crippen molar-refractivity contribution < 1.29 is 14.7 Å². The summed E-state index contributed by atoms with van der Waals surface area (Å²) in [5, 5.41) is 11.9. The second-order valence-electron chi connectivity index (χ2n) is 3.74. The van der Waals surface area contributed by atoms with Crippen molar-refractivity contribution in [2.75, 3.05) is 25.5 Å². The van der Waals surface area contributed by atoms with Crippen molar-refractivity contribution in [2.45, 2.75) is 0 Å². The molecule has 0 aliphatic carbocycles. The van der Waals surface area contributed by atoms with Crippen LogP contribution in [0, 0.1) is 0 Å². The zero-order valence-electron chi connectivity index (χ0n) is 9.61. The van der Waals surface area contributed by atoms with Gasteiger partial charge in [-0.2, -0.15) is 0 Å². The number of carbonyl (C=O) groups is 2. The van der Waals surface area contributed by atoms with Gasteiger partial charge in [0.25, 0.3) is 0 Å². The Labute approximate surface area is 114 Å². The number of benzene rings is 1. The summed E-state index contributed by atoms with van der Waals surface area (Å²) in [7, 11) is 1.54. The number of rotatable bonds is 5. The molecule has 18 heavy (non-hydrogen) atoms. The minimum absolute atomic E-state index is 0.0213. The van der Waals surface area contributed by atoms with Crippen LogP contribution in [-0.4, -0.2) is 42.0 Å². The summed E-state index contributed by atoms with van der Waals surface area (Å²) >= 11 is 11.5. The van der Waals surface area contributed by atoms with Gasteiger partial charge in [-0.05, 0) is 25.2 Å². The van der Waals surface area contributed by atoms with Crippen LogP contribution in [0.3, 0.4) is 0 Å². The number of hydrogen-bond acceptors (Lipinski definition) is 3. The van der Waals surface area contributed by atoms with E-state index in [0.717, 1.165) is 0 Å². The van der Waals surface area contributed by atoms with Gasteiger partial charge in [-0.15, -0.1) is 0 Å². The molecular formula is C11H12Cl2N2O3. The van der Waals surface area contributed by atoms with E-state index in [2.05, 4.69) is 5.32 Å². The van der Waals surface area contributed by atoms with E-state index in [9.17, 15) is 9.59 Å². The van der Waals surface area contributed by atoms with Crippen molar-refractivity contribution in [3.63, 3.8) is 0 Å². The minimum Gasteiger partial charge on any atom is -0.480 e. The van der Waals surface area contributed by atoms with E-state index in [1.165, 1.54) is 11.0 Å². The zero-order valence-corrected chi connectivity index (χ0v) is 11.1. The van der Waals surface area contributed by atoms with Crippen molar-refractivity contribution >= 4 is 40.8 Å². The Hall–Kier alpha value is -1.30. The van der Waals surface area contributed by atoms with Gasteiger partial charge in [0.2, 0.25) is 5.91 Å². The molecule has 7 heteroatoms. The lowest BCUT2D eigenvalue weighted by atomic mass is 10.3. The molecule has 0 fully saturated rings. The molecule has 1 amide bonds. The molecule has 1 aromatic rings. The van der Waals surface area contributed by atoms with Crippen LogP contribution in [-0.2, 0) is 9.59 Å². The molecule has 2 N–H and O–H groups in total. The molecule has 0 aliphatic rings. The number of halogens is 2. The third-order valence-corrected chi connectivity index (χ3v) is 2.76. The van der Waals surface area contributed by atoms with E-state index in [0.29, 0.717) is 15.7 Å². The second kappa shape index (κ2) is 6.58. The number of carboxylic acids is 1. The smallest absolute Gasteiger partial charge is 0.317 e. The van der Waals surface area contributed by atoms with Gasteiger partial charge in [0.1, 0.15) is 0 Å². The molecule has 0 atom stereocenters. The van der Waals surface area contributed by atoms with E-state index in [4.69, 9.17) is 28.3 Å². The van der Waals surface area contributed by atoms with Crippen LogP contribution >= 0.6 is 23.2 Å². The largest absolute Gasteiger partial charge is 0.480 e. The number of anilines is 1. The third-order valence-electron chi connectivity index (χ3n) is 2.02. The third kappa shape index (κ3) is 4.91. The summed E-state index contributed by atoms with van der Waals surface area (Å²) in [5.74, 6) is -1.31. The summed E-state index contributed by atoms with van der Waals surface area (Å²) in [4.78, 5) is 23.4. The Morgan fingerprint density at radius 3 is 2.50 bits per heavy atom. The summed E-state index contributed by atoms with van der Waals surface area (Å²) in [5.41, 5.74) is 0.512. The predicted octanol–water partition coefficient (Wildman–Crippen LogP) is 1.95. The summed E-state index contributed by atoms with van der Waals surface area (Å²) in [6.45, 7) is -0.221. The van der Waals surface area contributed by atoms with Gasteiger partial charge in [-0.25, -0.2) is 0 Å². The fourth-order valence-electron chi connectivity index (χ4n) is 1.31. The lowest BCUT2D eigenvalue weighted by Crippen LogP contribution is -2.33. The van der Waals surface area contributed by atoms with Gasteiger partial charge in [-0.1, -0.05) is 23.2 Å². The molecule has 98 valence electrons. The van der Waals surface area contributed by atoms with E-state index < -0.39 is 5.97 Å². The van der Waals surface area contributed by atoms with E-state index in [1.807, 2.05) is 0 Å². The summed E-state index contributed by atoms with van der Waals surface area (Å²) in [6.07, 6.45) is 0. The fraction of sp³-hybridized carbons (Fsp3) is 0.273. The van der Waals surface area contributed by atoms with Crippen molar-refractivity contribution in [1.82, 2.24) is 4.90 Å². The quantitative estimate of drug-likeness (QED) is 0.870. The van der Waals surface area contributed by atoms with Gasteiger partial charge in [0, 0.05) is 5.69 Å². The normalized spacial score (nSPS) is 10.4. The van der Waals surface area contributed by atoms with Crippen LogP contribution in [0.15, 0.2) is 18.2 Å². The number of carbonyl (C=O) groups excluding carboxylic acids is 1. The molecular weight excluding hydrogens is 279 g/mol. The van der Waals surface area contributed by atoms with Gasteiger partial charge >= 0.3 is 5.97 Å². The standard InChI is InChI=1S/C11H12Cl2N2O3/c1-15(6-11(17)18)5-10(16)14-7-2-3-8(12)9(13)4-7/h2-4H,5-6H2,1H3,(H,14,16)(H,17,18). The Morgan fingerprint density at radius 2 is 1.94 bits per heavy atom. The molecule has 0 aromatic heterocycles. The molecule has 0 heterocycles. The van der Waals surface area contributed by atoms with Crippen LogP contribution in [0.5, 0.6) is 0 Å². The Bertz CT molecular complexity index is 466. The maximum absolute atomic E-state index is 11.6. The molecule has 0 radical (unpaired) electrons. The molecule has 5 nitrogen and oxygen atoms in total. The van der Waals surface area contributed by atoms with E-state index >= 15 is 0 Å². The SMILES string of the molecule is CN(CC(=O)O)CC(=O)Nc1ccc(Cl)c(Cl)c1. The van der Waals surface area contributed by atoms with Crippen molar-refractivity contribution in [3.8, 4) is 0 Å². The first-order chi connectivity index (χ1) is 8.38. The molecule has 1 aromatic carbocycles. The number of likely N-dealkylation sites (N-methyl/N-ethyl adjacent to an activating group) is 1.